The van der Waals surface area contributed by atoms with Crippen molar-refractivity contribution in [1.82, 2.24) is 0 Å². The van der Waals surface area contributed by atoms with Crippen LogP contribution in [-0.2, 0) is 0 Å². The molecule has 2 aromatic rings. The first-order valence-electron chi connectivity index (χ1n) is 7.35. The monoisotopic (exact) mass is 266 g/mol. The molecule has 20 heavy (non-hydrogen) atoms. The Labute approximate surface area is 119 Å². The van der Waals surface area contributed by atoms with Crippen LogP contribution >= 0.6 is 0 Å². The molecule has 0 amide bonds. The molecule has 2 nitrogen and oxygen atoms in total. The Hall–Kier alpha value is -1.80. The van der Waals surface area contributed by atoms with Crippen LogP contribution in [0.15, 0.2) is 48.5 Å². The van der Waals surface area contributed by atoms with Crippen molar-refractivity contribution in [2.24, 2.45) is 0 Å². The highest BCUT2D eigenvalue weighted by Crippen LogP contribution is 2.43. The van der Waals surface area contributed by atoms with E-state index in [0.717, 1.165) is 17.2 Å². The molecule has 1 fully saturated rings. The zero-order valence-corrected chi connectivity index (χ0v) is 11.3. The first kappa shape index (κ1) is 12.0. The van der Waals surface area contributed by atoms with E-state index in [-0.39, 0.29) is 6.10 Å². The van der Waals surface area contributed by atoms with Crippen molar-refractivity contribution in [1.29, 1.82) is 0 Å². The van der Waals surface area contributed by atoms with E-state index in [9.17, 15) is 5.11 Å². The number of para-hydroxylation sites is 1. The van der Waals surface area contributed by atoms with Crippen LogP contribution in [-0.4, -0.2) is 5.11 Å². The minimum atomic E-state index is -0.436. The molecule has 2 aromatic carbocycles. The minimum absolute atomic E-state index is 0.0430. The summed E-state index contributed by atoms with van der Waals surface area (Å²) in [4.78, 5) is 0. The maximum Gasteiger partial charge on any atom is 0.127 e. The summed E-state index contributed by atoms with van der Waals surface area (Å²) in [6.07, 6.45) is 2.76. The second kappa shape index (κ2) is 4.64. The van der Waals surface area contributed by atoms with Gasteiger partial charge in [0, 0.05) is 12.0 Å². The molecule has 1 saturated carbocycles. The molecule has 1 aliphatic heterocycles. The van der Waals surface area contributed by atoms with Crippen molar-refractivity contribution >= 4 is 0 Å². The first-order valence-corrected chi connectivity index (χ1v) is 7.35. The molecule has 1 heterocycles. The molecule has 0 radical (unpaired) electrons. The van der Waals surface area contributed by atoms with Crippen LogP contribution < -0.4 is 4.74 Å². The van der Waals surface area contributed by atoms with Gasteiger partial charge in [0.15, 0.2) is 0 Å². The standard InChI is InChI=1S/C18H18O2/c19-16-11-18(20-17-7-2-1-6-15(16)17)14-5-3-4-13(10-14)12-8-9-12/h1-7,10,12,16,18-19H,8-9,11H2. The van der Waals surface area contributed by atoms with Gasteiger partial charge in [-0.25, -0.2) is 0 Å². The minimum Gasteiger partial charge on any atom is -0.485 e. The van der Waals surface area contributed by atoms with Gasteiger partial charge in [0.2, 0.25) is 0 Å². The molecule has 102 valence electrons. The fraction of sp³-hybridized carbons (Fsp3) is 0.333. The highest BCUT2D eigenvalue weighted by molar-refractivity contribution is 5.39. The third-order valence-corrected chi connectivity index (χ3v) is 4.32. The average Bonchev–Trinajstić information content (AvgIpc) is 3.32. The summed E-state index contributed by atoms with van der Waals surface area (Å²) in [6, 6.07) is 16.5. The van der Waals surface area contributed by atoms with E-state index in [1.54, 1.807) is 0 Å². The highest BCUT2D eigenvalue weighted by Gasteiger charge is 2.29. The molecule has 2 aliphatic rings. The van der Waals surface area contributed by atoms with Gasteiger partial charge in [-0.15, -0.1) is 0 Å². The predicted octanol–water partition coefficient (Wildman–Crippen LogP) is 4.12. The van der Waals surface area contributed by atoms with Crippen LogP contribution in [0.25, 0.3) is 0 Å². The lowest BCUT2D eigenvalue weighted by molar-refractivity contribution is 0.0657. The summed E-state index contributed by atoms with van der Waals surface area (Å²) in [6.45, 7) is 0. The van der Waals surface area contributed by atoms with Crippen LogP contribution in [0.2, 0.25) is 0 Å². The van der Waals surface area contributed by atoms with Crippen molar-refractivity contribution < 1.29 is 9.84 Å². The summed E-state index contributed by atoms with van der Waals surface area (Å²) in [5, 5.41) is 10.3. The maximum atomic E-state index is 10.3. The average molecular weight is 266 g/mol. The van der Waals surface area contributed by atoms with Crippen molar-refractivity contribution in [2.75, 3.05) is 0 Å². The van der Waals surface area contributed by atoms with Gasteiger partial charge < -0.3 is 9.84 Å². The maximum absolute atomic E-state index is 10.3. The summed E-state index contributed by atoms with van der Waals surface area (Å²) in [5.74, 6) is 1.56. The molecule has 0 saturated heterocycles. The Morgan fingerprint density at radius 1 is 0.950 bits per heavy atom. The number of hydrogen-bond acceptors (Lipinski definition) is 2. The van der Waals surface area contributed by atoms with Gasteiger partial charge in [-0.2, -0.15) is 0 Å². The smallest absolute Gasteiger partial charge is 0.127 e. The lowest BCUT2D eigenvalue weighted by atomic mass is 9.94. The second-order valence-corrected chi connectivity index (χ2v) is 5.84. The molecule has 2 heteroatoms. The van der Waals surface area contributed by atoms with Crippen LogP contribution in [0.4, 0.5) is 0 Å². The van der Waals surface area contributed by atoms with Crippen LogP contribution in [0.5, 0.6) is 5.75 Å². The predicted molar refractivity (Wildman–Crippen MR) is 77.8 cm³/mol. The largest absolute Gasteiger partial charge is 0.485 e. The Bertz CT molecular complexity index is 631. The van der Waals surface area contributed by atoms with Gasteiger partial charge in [0.25, 0.3) is 0 Å². The molecular formula is C18H18O2. The number of aliphatic hydroxyl groups excluding tert-OH is 1. The summed E-state index contributed by atoms with van der Waals surface area (Å²) in [7, 11) is 0. The SMILES string of the molecule is OC1CC(c2cccc(C3CC3)c2)Oc2ccccc21. The van der Waals surface area contributed by atoms with E-state index < -0.39 is 6.10 Å². The fourth-order valence-corrected chi connectivity index (χ4v) is 3.03. The molecule has 4 rings (SSSR count). The van der Waals surface area contributed by atoms with Gasteiger partial charge in [0.05, 0.1) is 6.10 Å². The third-order valence-electron chi connectivity index (χ3n) is 4.32. The molecule has 1 aliphatic carbocycles. The van der Waals surface area contributed by atoms with Gasteiger partial charge in [-0.05, 0) is 36.0 Å². The van der Waals surface area contributed by atoms with E-state index >= 15 is 0 Å². The number of hydrogen-bond donors (Lipinski definition) is 1. The zero-order valence-electron chi connectivity index (χ0n) is 11.3. The van der Waals surface area contributed by atoms with Crippen molar-refractivity contribution in [3.8, 4) is 5.75 Å². The van der Waals surface area contributed by atoms with Gasteiger partial charge >= 0.3 is 0 Å². The number of ether oxygens (including phenoxy) is 1. The Morgan fingerprint density at radius 3 is 2.60 bits per heavy atom. The van der Waals surface area contributed by atoms with Gasteiger partial charge in [-0.3, -0.25) is 0 Å². The molecule has 2 atom stereocenters. The number of fused-ring (bicyclic) bond motifs is 1. The van der Waals surface area contributed by atoms with E-state index in [4.69, 9.17) is 4.74 Å². The number of benzene rings is 2. The molecule has 0 aromatic heterocycles. The van der Waals surface area contributed by atoms with Gasteiger partial charge in [-0.1, -0.05) is 42.5 Å². The number of aliphatic hydroxyl groups is 1. The van der Waals surface area contributed by atoms with Crippen LogP contribution in [0.3, 0.4) is 0 Å². The van der Waals surface area contributed by atoms with E-state index in [1.807, 2.05) is 24.3 Å². The molecular weight excluding hydrogens is 248 g/mol. The first-order chi connectivity index (χ1) is 9.81. The Kier molecular flexibility index (Phi) is 2.78. The highest BCUT2D eigenvalue weighted by atomic mass is 16.5. The number of rotatable bonds is 2. The topological polar surface area (TPSA) is 29.5 Å². The summed E-state index contributed by atoms with van der Waals surface area (Å²) >= 11 is 0. The van der Waals surface area contributed by atoms with Gasteiger partial charge in [0.1, 0.15) is 11.9 Å². The Balaban J connectivity index is 1.65. The quantitative estimate of drug-likeness (QED) is 0.886. The molecule has 0 spiro atoms. The van der Waals surface area contributed by atoms with Crippen molar-refractivity contribution in [3.63, 3.8) is 0 Å². The molecule has 0 bridgehead atoms. The van der Waals surface area contributed by atoms with Crippen LogP contribution in [0, 0.1) is 0 Å². The third kappa shape index (κ3) is 2.10. The second-order valence-electron chi connectivity index (χ2n) is 5.84. The van der Waals surface area contributed by atoms with Crippen LogP contribution in [0.1, 0.15) is 54.1 Å². The lowest BCUT2D eigenvalue weighted by Crippen LogP contribution is -2.19. The lowest BCUT2D eigenvalue weighted by Gasteiger charge is -2.30. The van der Waals surface area contributed by atoms with Crippen molar-refractivity contribution in [2.45, 2.75) is 37.4 Å². The van der Waals surface area contributed by atoms with E-state index in [1.165, 1.54) is 24.0 Å². The summed E-state index contributed by atoms with van der Waals surface area (Å²) < 4.78 is 6.08. The Morgan fingerprint density at radius 2 is 1.75 bits per heavy atom. The molecule has 1 N–H and O–H groups in total. The van der Waals surface area contributed by atoms with Crippen molar-refractivity contribution in [3.05, 3.63) is 65.2 Å². The summed E-state index contributed by atoms with van der Waals surface area (Å²) in [5.41, 5.74) is 3.50. The fourth-order valence-electron chi connectivity index (χ4n) is 3.03. The molecule has 2 unspecified atom stereocenters. The van der Waals surface area contributed by atoms with E-state index in [2.05, 4.69) is 24.3 Å². The normalized spacial score (nSPS) is 24.9. The zero-order chi connectivity index (χ0) is 13.5. The van der Waals surface area contributed by atoms with E-state index in [0.29, 0.717) is 6.42 Å².